The van der Waals surface area contributed by atoms with Crippen LogP contribution in [-0.2, 0) is 33.6 Å². The zero-order valence-corrected chi connectivity index (χ0v) is 24.2. The summed E-state index contributed by atoms with van der Waals surface area (Å²) in [7, 11) is 1.12. The molecule has 0 radical (unpaired) electrons. The summed E-state index contributed by atoms with van der Waals surface area (Å²) in [6, 6.07) is 9.40. The zero-order valence-electron chi connectivity index (χ0n) is 23.5. The second kappa shape index (κ2) is 13.4. The highest BCUT2D eigenvalue weighted by molar-refractivity contribution is 6.30. The van der Waals surface area contributed by atoms with E-state index in [9.17, 15) is 35.9 Å². The van der Waals surface area contributed by atoms with Crippen molar-refractivity contribution in [2.24, 2.45) is 17.8 Å². The van der Waals surface area contributed by atoms with Crippen LogP contribution in [0.2, 0.25) is 5.02 Å². The van der Waals surface area contributed by atoms with Gasteiger partial charge in [0.15, 0.2) is 0 Å². The molecule has 5 nitrogen and oxygen atoms in total. The molecule has 0 saturated carbocycles. The van der Waals surface area contributed by atoms with E-state index >= 15 is 0 Å². The van der Waals surface area contributed by atoms with Gasteiger partial charge in [0.25, 0.3) is 0 Å². The topological polar surface area (TPSA) is 55.8 Å². The number of benzene rings is 2. The molecule has 3 rings (SSSR count). The van der Waals surface area contributed by atoms with Crippen molar-refractivity contribution in [3.8, 4) is 0 Å². The van der Waals surface area contributed by atoms with Crippen LogP contribution in [0.25, 0.3) is 0 Å². The lowest BCUT2D eigenvalue weighted by molar-refractivity contribution is -0.178. The zero-order chi connectivity index (χ0) is 31.4. The molecule has 230 valence electrons. The van der Waals surface area contributed by atoms with Crippen molar-refractivity contribution in [2.75, 3.05) is 13.7 Å². The van der Waals surface area contributed by atoms with Gasteiger partial charge in [0.2, 0.25) is 0 Å². The van der Waals surface area contributed by atoms with Crippen LogP contribution in [-0.4, -0.2) is 36.8 Å². The van der Waals surface area contributed by atoms with Gasteiger partial charge in [0, 0.05) is 18.1 Å². The summed E-state index contributed by atoms with van der Waals surface area (Å²) < 4.78 is 93.7. The normalized spacial score (nSPS) is 21.0. The number of carbonyl (C=O) groups excluding carboxylic acids is 2. The van der Waals surface area contributed by atoms with Gasteiger partial charge >= 0.3 is 24.4 Å². The molecule has 0 heterocycles. The average molecular weight is 620 g/mol. The highest BCUT2D eigenvalue weighted by Gasteiger charge is 2.49. The minimum Gasteiger partial charge on any atom is -0.469 e. The largest absolute Gasteiger partial charge is 0.469 e. The van der Waals surface area contributed by atoms with Crippen LogP contribution in [0.3, 0.4) is 0 Å². The highest BCUT2D eigenvalue weighted by Crippen LogP contribution is 2.51. The Morgan fingerprint density at radius 3 is 2.19 bits per heavy atom. The first-order valence-electron chi connectivity index (χ1n) is 13.3. The number of hydrogen-bond acceptors (Lipinski definition) is 4. The van der Waals surface area contributed by atoms with Gasteiger partial charge in [-0.25, -0.2) is 4.79 Å². The lowest BCUT2D eigenvalue weighted by Gasteiger charge is -2.41. The second-order valence-corrected chi connectivity index (χ2v) is 10.8. The van der Waals surface area contributed by atoms with Gasteiger partial charge in [-0.15, -0.1) is 0 Å². The molecule has 4 unspecified atom stereocenters. The molecular weight excluding hydrogens is 588 g/mol. The summed E-state index contributed by atoms with van der Waals surface area (Å²) in [5.41, 5.74) is 0.0979. The first-order valence-corrected chi connectivity index (χ1v) is 13.6. The van der Waals surface area contributed by atoms with E-state index < -0.39 is 53.7 Å². The fourth-order valence-electron chi connectivity index (χ4n) is 5.42. The number of ether oxygens (including phenoxy) is 2. The molecule has 12 heteroatoms. The van der Waals surface area contributed by atoms with Gasteiger partial charge in [-0.2, -0.15) is 26.3 Å². The number of amides is 1. The van der Waals surface area contributed by atoms with Crippen molar-refractivity contribution < 1.29 is 45.4 Å². The molecule has 42 heavy (non-hydrogen) atoms. The Balaban J connectivity index is 2.02. The Kier molecular flexibility index (Phi) is 10.6. The minimum atomic E-state index is -4.73. The molecule has 2 aromatic rings. The Morgan fingerprint density at radius 1 is 1.00 bits per heavy atom. The number of esters is 1. The highest BCUT2D eigenvalue weighted by atomic mass is 35.5. The summed E-state index contributed by atoms with van der Waals surface area (Å²) >= 11 is 5.87. The molecule has 2 aromatic carbocycles. The van der Waals surface area contributed by atoms with Crippen molar-refractivity contribution in [3.05, 3.63) is 81.4 Å². The minimum absolute atomic E-state index is 0.0408. The van der Waals surface area contributed by atoms with Gasteiger partial charge in [-0.05, 0) is 65.6 Å². The first-order chi connectivity index (χ1) is 19.6. The molecule has 0 N–H and O–H groups in total. The number of allylic oxidation sites excluding steroid dienone is 1. The molecule has 0 bridgehead atoms. The van der Waals surface area contributed by atoms with Crippen molar-refractivity contribution >= 4 is 23.7 Å². The van der Waals surface area contributed by atoms with E-state index in [-0.39, 0.29) is 42.8 Å². The maximum Gasteiger partial charge on any atom is 0.416 e. The van der Waals surface area contributed by atoms with E-state index in [2.05, 4.69) is 4.74 Å². The monoisotopic (exact) mass is 619 g/mol. The fourth-order valence-corrected chi connectivity index (χ4v) is 5.55. The van der Waals surface area contributed by atoms with E-state index in [1.165, 1.54) is 17.9 Å². The van der Waals surface area contributed by atoms with Gasteiger partial charge in [-0.3, -0.25) is 4.79 Å². The Labute approximate surface area is 245 Å². The Hall–Kier alpha value is -3.21. The lowest BCUT2D eigenvalue weighted by Crippen LogP contribution is -2.38. The first kappa shape index (κ1) is 33.3. The summed E-state index contributed by atoms with van der Waals surface area (Å²) in [5.74, 6) is -5.30. The van der Waals surface area contributed by atoms with Crippen LogP contribution in [0, 0.1) is 17.8 Å². The number of methoxy groups -OCH3 is 1. The van der Waals surface area contributed by atoms with Gasteiger partial charge in [0.05, 0.1) is 25.0 Å². The average Bonchev–Trinajstić information content (AvgIpc) is 2.91. The predicted octanol–water partition coefficient (Wildman–Crippen LogP) is 8.55. The number of nitrogens with zero attached hydrogens (tertiary/aromatic N) is 1. The van der Waals surface area contributed by atoms with Crippen LogP contribution >= 0.6 is 11.6 Å². The van der Waals surface area contributed by atoms with Crippen molar-refractivity contribution in [3.63, 3.8) is 0 Å². The molecule has 0 saturated heterocycles. The Bertz CT molecular complexity index is 1290. The van der Waals surface area contributed by atoms with E-state index in [1.807, 2.05) is 0 Å². The molecular formula is C30H32ClF6NO4. The number of rotatable bonds is 8. The van der Waals surface area contributed by atoms with Crippen LogP contribution < -0.4 is 0 Å². The van der Waals surface area contributed by atoms with Gasteiger partial charge in [-0.1, -0.05) is 55.3 Å². The quantitative estimate of drug-likeness (QED) is 0.169. The number of halogens is 7. The summed E-state index contributed by atoms with van der Waals surface area (Å²) in [6.45, 7) is 4.25. The van der Waals surface area contributed by atoms with E-state index in [4.69, 9.17) is 16.3 Å². The van der Waals surface area contributed by atoms with Crippen LogP contribution in [0.4, 0.5) is 31.1 Å². The summed E-state index contributed by atoms with van der Waals surface area (Å²) in [6.07, 6.45) is -9.56. The van der Waals surface area contributed by atoms with E-state index in [1.54, 1.807) is 38.1 Å². The SMILES string of the molecule is CCN(Cc1cc(C(F)(F)F)ccc1C1C(C)C(CC(=O)OC)=CC(C(F)(F)F)C1C)C(=O)OCc1ccc(Cl)cc1. The number of alkyl halides is 6. The maximum atomic E-state index is 14.2. The van der Waals surface area contributed by atoms with E-state index in [0.717, 1.165) is 25.3 Å². The van der Waals surface area contributed by atoms with Gasteiger partial charge < -0.3 is 14.4 Å². The number of hydrogen-bond donors (Lipinski definition) is 0. The standard InChI is InChI=1S/C30H32ClF6NO4/c1-5-38(28(40)42-16-19-6-9-23(31)10-7-19)15-21-12-22(29(32,33)34)8-11-24(21)27-17(2)20(14-26(39)41-4)13-25(18(27)3)30(35,36)37/h6-13,17-18,25,27H,5,14-16H2,1-4H3. The van der Waals surface area contributed by atoms with Gasteiger partial charge in [0.1, 0.15) is 6.61 Å². The molecule has 0 spiro atoms. The lowest BCUT2D eigenvalue weighted by atomic mass is 9.64. The smallest absolute Gasteiger partial charge is 0.416 e. The predicted molar refractivity (Wildman–Crippen MR) is 144 cm³/mol. The van der Waals surface area contributed by atoms with Crippen molar-refractivity contribution in [2.45, 2.75) is 58.6 Å². The third kappa shape index (κ3) is 7.99. The third-order valence-corrected chi connectivity index (χ3v) is 7.96. The summed E-state index contributed by atoms with van der Waals surface area (Å²) in [4.78, 5) is 26.2. The van der Waals surface area contributed by atoms with E-state index in [0.29, 0.717) is 10.6 Å². The molecule has 1 amide bonds. The van der Waals surface area contributed by atoms with Crippen molar-refractivity contribution in [1.29, 1.82) is 0 Å². The van der Waals surface area contributed by atoms with Crippen LogP contribution in [0.5, 0.6) is 0 Å². The maximum absolute atomic E-state index is 14.2. The second-order valence-electron chi connectivity index (χ2n) is 10.3. The molecule has 0 aliphatic heterocycles. The third-order valence-electron chi connectivity index (χ3n) is 7.71. The molecule has 1 aliphatic rings. The van der Waals surface area contributed by atoms with Crippen molar-refractivity contribution in [1.82, 2.24) is 4.90 Å². The molecule has 0 fully saturated rings. The fraction of sp³-hybridized carbons (Fsp3) is 0.467. The molecule has 1 aliphatic carbocycles. The molecule has 4 atom stereocenters. The van der Waals surface area contributed by atoms with Crippen LogP contribution in [0.15, 0.2) is 54.1 Å². The van der Waals surface area contributed by atoms with Crippen LogP contribution in [0.1, 0.15) is 55.4 Å². The number of carbonyl (C=O) groups is 2. The summed E-state index contributed by atoms with van der Waals surface area (Å²) in [5, 5.41) is 0.487. The Morgan fingerprint density at radius 2 is 1.64 bits per heavy atom. The molecule has 0 aromatic heterocycles.